The van der Waals surface area contributed by atoms with Gasteiger partial charge in [-0.3, -0.25) is 0 Å². The van der Waals surface area contributed by atoms with Crippen LogP contribution in [0.25, 0.3) is 0 Å². The molecule has 0 unspecified atom stereocenters. The van der Waals surface area contributed by atoms with Crippen molar-refractivity contribution in [3.63, 3.8) is 0 Å². The van der Waals surface area contributed by atoms with E-state index in [1.54, 1.807) is 22.6 Å². The Hall–Kier alpha value is 0.310. The van der Waals surface area contributed by atoms with Crippen molar-refractivity contribution in [3.8, 4) is 0 Å². The predicted octanol–water partition coefficient (Wildman–Crippen LogP) is 4.33. The van der Waals surface area contributed by atoms with Crippen LogP contribution in [0.2, 0.25) is 0 Å². The molecule has 0 aliphatic carbocycles. The lowest BCUT2D eigenvalue weighted by Gasteiger charge is -2.28. The van der Waals surface area contributed by atoms with Crippen LogP contribution < -0.4 is 0 Å². The van der Waals surface area contributed by atoms with Gasteiger partial charge < -0.3 is 0 Å². The fraction of sp³-hybridized carbons (Fsp3) is 1.00. The molecule has 0 saturated heterocycles. The SMILES string of the molecule is CC(C)(I)CC(C(F)(F)F)C(F)(F)F. The Kier molecular flexibility index (Phi) is 4.14. The molecule has 0 N–H and O–H groups in total. The van der Waals surface area contributed by atoms with Crippen molar-refractivity contribution < 1.29 is 26.3 Å². The van der Waals surface area contributed by atoms with Crippen LogP contribution in [0.4, 0.5) is 26.3 Å². The number of rotatable bonds is 2. The first-order chi connectivity index (χ1) is 5.84. The van der Waals surface area contributed by atoms with E-state index in [4.69, 9.17) is 0 Å². The highest BCUT2D eigenvalue weighted by atomic mass is 127. The number of alkyl halides is 7. The molecular formula is C7H9F6I. The second kappa shape index (κ2) is 4.05. The maximum Gasteiger partial charge on any atom is 0.400 e. The standard InChI is InChI=1S/C7H9F6I/c1-5(2,14)3-4(6(8,9)10)7(11,12)13/h4H,3H2,1-2H3. The molecule has 0 atom stereocenters. The van der Waals surface area contributed by atoms with E-state index in [-0.39, 0.29) is 0 Å². The molecule has 0 aliphatic rings. The van der Waals surface area contributed by atoms with E-state index >= 15 is 0 Å². The fourth-order valence-corrected chi connectivity index (χ4v) is 1.34. The summed E-state index contributed by atoms with van der Waals surface area (Å²) in [6.07, 6.45) is -11.4. The second-order valence-electron chi connectivity index (χ2n) is 3.56. The molecule has 0 rings (SSSR count). The maximum absolute atomic E-state index is 12.0. The Morgan fingerprint density at radius 1 is 0.929 bits per heavy atom. The highest BCUT2D eigenvalue weighted by Gasteiger charge is 2.57. The van der Waals surface area contributed by atoms with Crippen LogP contribution in [0.15, 0.2) is 0 Å². The number of halogens is 7. The molecular weight excluding hydrogens is 325 g/mol. The van der Waals surface area contributed by atoms with Crippen LogP contribution in [0.3, 0.4) is 0 Å². The van der Waals surface area contributed by atoms with Crippen LogP contribution in [0.1, 0.15) is 20.3 Å². The Morgan fingerprint density at radius 3 is 1.29 bits per heavy atom. The van der Waals surface area contributed by atoms with E-state index in [0.29, 0.717) is 0 Å². The zero-order valence-corrected chi connectivity index (χ0v) is 9.59. The summed E-state index contributed by atoms with van der Waals surface area (Å²) in [5.74, 6) is -3.23. The van der Waals surface area contributed by atoms with Crippen LogP contribution >= 0.6 is 22.6 Å². The fourth-order valence-electron chi connectivity index (χ4n) is 0.902. The second-order valence-corrected chi connectivity index (χ2v) is 6.48. The Balaban J connectivity index is 4.78. The van der Waals surface area contributed by atoms with Gasteiger partial charge in [0.05, 0.1) is 0 Å². The van der Waals surface area contributed by atoms with Gasteiger partial charge in [-0.2, -0.15) is 26.3 Å². The highest BCUT2D eigenvalue weighted by Crippen LogP contribution is 2.45. The van der Waals surface area contributed by atoms with Crippen molar-refractivity contribution in [1.82, 2.24) is 0 Å². The van der Waals surface area contributed by atoms with E-state index in [1.807, 2.05) is 0 Å². The first-order valence-electron chi connectivity index (χ1n) is 3.66. The van der Waals surface area contributed by atoms with Gasteiger partial charge in [0, 0.05) is 3.42 Å². The molecule has 0 nitrogen and oxygen atoms in total. The van der Waals surface area contributed by atoms with Crippen LogP contribution in [-0.4, -0.2) is 15.8 Å². The molecule has 0 aliphatic heterocycles. The average Bonchev–Trinajstić information content (AvgIpc) is 1.75. The highest BCUT2D eigenvalue weighted by molar-refractivity contribution is 14.1. The third-order valence-electron chi connectivity index (χ3n) is 1.48. The average molecular weight is 334 g/mol. The largest absolute Gasteiger partial charge is 0.400 e. The Labute approximate surface area is 91.2 Å². The molecule has 0 amide bonds. The van der Waals surface area contributed by atoms with E-state index in [1.165, 1.54) is 13.8 Å². The molecule has 86 valence electrons. The molecule has 0 radical (unpaired) electrons. The van der Waals surface area contributed by atoms with Crippen molar-refractivity contribution in [2.24, 2.45) is 5.92 Å². The first kappa shape index (κ1) is 14.3. The molecule has 0 spiro atoms. The van der Waals surface area contributed by atoms with Gasteiger partial charge in [-0.1, -0.05) is 36.4 Å². The molecule has 0 saturated carbocycles. The molecule has 7 heteroatoms. The van der Waals surface area contributed by atoms with Crippen molar-refractivity contribution in [2.45, 2.75) is 36.0 Å². The molecule has 0 aromatic rings. The molecule has 0 bridgehead atoms. The maximum atomic E-state index is 12.0. The summed E-state index contributed by atoms with van der Waals surface area (Å²) in [5, 5.41) is 0. The predicted molar refractivity (Wildman–Crippen MR) is 48.3 cm³/mol. The lowest BCUT2D eigenvalue weighted by atomic mass is 9.96. The van der Waals surface area contributed by atoms with Crippen LogP contribution in [-0.2, 0) is 0 Å². The lowest BCUT2D eigenvalue weighted by Crippen LogP contribution is -2.39. The smallest absolute Gasteiger partial charge is 0.170 e. The Bertz CT molecular complexity index is 172. The molecule has 14 heavy (non-hydrogen) atoms. The van der Waals surface area contributed by atoms with Gasteiger partial charge in [-0.25, -0.2) is 0 Å². The van der Waals surface area contributed by atoms with Gasteiger partial charge in [-0.15, -0.1) is 0 Å². The summed E-state index contributed by atoms with van der Waals surface area (Å²) in [5.41, 5.74) is 0. The minimum Gasteiger partial charge on any atom is -0.170 e. The summed E-state index contributed by atoms with van der Waals surface area (Å²) in [7, 11) is 0. The van der Waals surface area contributed by atoms with Gasteiger partial charge in [0.2, 0.25) is 0 Å². The van der Waals surface area contributed by atoms with E-state index in [2.05, 4.69) is 0 Å². The van der Waals surface area contributed by atoms with Crippen molar-refractivity contribution in [3.05, 3.63) is 0 Å². The van der Waals surface area contributed by atoms with Gasteiger partial charge in [0.1, 0.15) is 0 Å². The minimum atomic E-state index is -5.22. The van der Waals surface area contributed by atoms with Crippen molar-refractivity contribution in [1.29, 1.82) is 0 Å². The molecule has 0 aromatic heterocycles. The molecule has 0 aromatic carbocycles. The normalized spacial score (nSPS) is 15.0. The summed E-state index contributed by atoms with van der Waals surface area (Å²) in [6.45, 7) is 2.66. The zero-order chi connectivity index (χ0) is 11.8. The van der Waals surface area contributed by atoms with Gasteiger partial charge in [0.15, 0.2) is 5.92 Å². The summed E-state index contributed by atoms with van der Waals surface area (Å²) in [6, 6.07) is 0. The summed E-state index contributed by atoms with van der Waals surface area (Å²) in [4.78, 5) is 0. The summed E-state index contributed by atoms with van der Waals surface area (Å²) >= 11 is 1.57. The van der Waals surface area contributed by atoms with Crippen LogP contribution in [0, 0.1) is 5.92 Å². The minimum absolute atomic E-state index is 0.958. The lowest BCUT2D eigenvalue weighted by molar-refractivity contribution is -0.286. The third-order valence-corrected chi connectivity index (χ3v) is 1.92. The molecule has 0 fully saturated rings. The van der Waals surface area contributed by atoms with Gasteiger partial charge in [0.25, 0.3) is 0 Å². The monoisotopic (exact) mass is 334 g/mol. The van der Waals surface area contributed by atoms with E-state index in [0.717, 1.165) is 0 Å². The van der Waals surface area contributed by atoms with Crippen LogP contribution in [0.5, 0.6) is 0 Å². The number of hydrogen-bond donors (Lipinski definition) is 0. The van der Waals surface area contributed by atoms with Gasteiger partial charge >= 0.3 is 12.4 Å². The quantitative estimate of drug-likeness (QED) is 0.401. The topological polar surface area (TPSA) is 0 Å². The Morgan fingerprint density at radius 2 is 1.21 bits per heavy atom. The third kappa shape index (κ3) is 5.26. The molecule has 0 heterocycles. The van der Waals surface area contributed by atoms with Crippen molar-refractivity contribution in [2.75, 3.05) is 0 Å². The zero-order valence-electron chi connectivity index (χ0n) is 7.43. The first-order valence-corrected chi connectivity index (χ1v) is 4.74. The van der Waals surface area contributed by atoms with Gasteiger partial charge in [-0.05, 0) is 6.42 Å². The van der Waals surface area contributed by atoms with E-state index < -0.39 is 28.1 Å². The summed E-state index contributed by atoms with van der Waals surface area (Å²) < 4.78 is 71.1. The van der Waals surface area contributed by atoms with E-state index in [9.17, 15) is 26.3 Å². The van der Waals surface area contributed by atoms with Crippen molar-refractivity contribution >= 4 is 22.6 Å². The number of hydrogen-bond acceptors (Lipinski definition) is 0.